The molecule has 1 aromatic rings. The van der Waals surface area contributed by atoms with Crippen LogP contribution >= 0.6 is 0 Å². The van der Waals surface area contributed by atoms with Crippen molar-refractivity contribution in [2.75, 3.05) is 13.2 Å². The van der Waals surface area contributed by atoms with Gasteiger partial charge in [0.15, 0.2) is 0 Å². The molecule has 0 radical (unpaired) electrons. The van der Waals surface area contributed by atoms with Crippen LogP contribution in [0.2, 0.25) is 0 Å². The molecule has 1 aromatic carbocycles. The topological polar surface area (TPSA) is 113 Å². The van der Waals surface area contributed by atoms with Crippen LogP contribution in [0, 0.1) is 0 Å². The lowest BCUT2D eigenvalue weighted by molar-refractivity contribution is -0.139. The first-order valence-corrected chi connectivity index (χ1v) is 9.18. The van der Waals surface area contributed by atoms with Crippen molar-refractivity contribution in [2.24, 2.45) is 0 Å². The second-order valence-electron chi connectivity index (χ2n) is 6.85. The van der Waals surface area contributed by atoms with Crippen LogP contribution in [-0.4, -0.2) is 59.0 Å². The third-order valence-corrected chi connectivity index (χ3v) is 4.91. The molecule has 1 fully saturated rings. The fraction of sp³-hybridized carbons (Fsp3) is 0.400. The number of ether oxygens (including phenoxy) is 1. The highest BCUT2D eigenvalue weighted by Gasteiger charge is 2.38. The van der Waals surface area contributed by atoms with E-state index in [2.05, 4.69) is 11.9 Å². The fourth-order valence-electron chi connectivity index (χ4n) is 3.37. The first-order chi connectivity index (χ1) is 13.4. The van der Waals surface area contributed by atoms with E-state index in [1.165, 1.54) is 18.2 Å². The van der Waals surface area contributed by atoms with E-state index in [-0.39, 0.29) is 35.8 Å². The summed E-state index contributed by atoms with van der Waals surface area (Å²) in [5.41, 5.74) is 0.512. The number of hydrogen-bond acceptors (Lipinski definition) is 5. The van der Waals surface area contributed by atoms with Crippen molar-refractivity contribution in [3.8, 4) is 0 Å². The van der Waals surface area contributed by atoms with E-state index in [0.717, 1.165) is 17.7 Å². The van der Waals surface area contributed by atoms with Gasteiger partial charge in [-0.1, -0.05) is 6.08 Å². The Labute approximate surface area is 162 Å². The average Bonchev–Trinajstić information content (AvgIpc) is 3.27. The Balaban J connectivity index is 1.75. The van der Waals surface area contributed by atoms with Crippen LogP contribution in [0.1, 0.15) is 56.8 Å². The van der Waals surface area contributed by atoms with Gasteiger partial charge in [0.25, 0.3) is 17.7 Å². The Morgan fingerprint density at radius 1 is 1.32 bits per heavy atom. The van der Waals surface area contributed by atoms with Crippen molar-refractivity contribution in [2.45, 2.75) is 37.8 Å². The highest BCUT2D eigenvalue weighted by Crippen LogP contribution is 2.26. The number of nitrogens with zero attached hydrogens (tertiary/aromatic N) is 1. The summed E-state index contributed by atoms with van der Waals surface area (Å²) in [5, 5.41) is 11.7. The number of benzene rings is 1. The standard InChI is InChI=1S/C20H22N2O6/c1-2-3-6-16(20(26)27)21-17(23)12-7-8-14-15(10-12)19(25)22(18(14)24)11-13-5-4-9-28-13/h2,7-8,10,13,16H,1,3-6,9,11H2,(H,21,23)(H,26,27). The summed E-state index contributed by atoms with van der Waals surface area (Å²) in [6.45, 7) is 4.35. The van der Waals surface area contributed by atoms with Crippen LogP contribution in [0.4, 0.5) is 0 Å². The quantitative estimate of drug-likeness (QED) is 0.518. The van der Waals surface area contributed by atoms with Gasteiger partial charge in [0, 0.05) is 12.2 Å². The zero-order valence-electron chi connectivity index (χ0n) is 15.3. The molecule has 1 saturated heterocycles. The van der Waals surface area contributed by atoms with Gasteiger partial charge in [-0.05, 0) is 43.9 Å². The zero-order valence-corrected chi connectivity index (χ0v) is 15.3. The summed E-state index contributed by atoms with van der Waals surface area (Å²) in [5.74, 6) is -2.63. The molecule has 0 aromatic heterocycles. The summed E-state index contributed by atoms with van der Waals surface area (Å²) in [6.07, 6.45) is 3.75. The van der Waals surface area contributed by atoms with Crippen molar-refractivity contribution in [1.82, 2.24) is 10.2 Å². The number of amides is 3. The van der Waals surface area contributed by atoms with Crippen LogP contribution in [0.25, 0.3) is 0 Å². The second-order valence-corrected chi connectivity index (χ2v) is 6.85. The highest BCUT2D eigenvalue weighted by molar-refractivity contribution is 6.22. The van der Waals surface area contributed by atoms with Gasteiger partial charge >= 0.3 is 5.97 Å². The molecular weight excluding hydrogens is 364 g/mol. The number of hydrogen-bond donors (Lipinski definition) is 2. The van der Waals surface area contributed by atoms with E-state index in [9.17, 15) is 24.3 Å². The first-order valence-electron chi connectivity index (χ1n) is 9.18. The Hall–Kier alpha value is -3.00. The minimum Gasteiger partial charge on any atom is -0.480 e. The van der Waals surface area contributed by atoms with Crippen molar-refractivity contribution in [3.05, 3.63) is 47.5 Å². The fourth-order valence-corrected chi connectivity index (χ4v) is 3.37. The summed E-state index contributed by atoms with van der Waals surface area (Å²) in [6, 6.07) is 3.13. The van der Waals surface area contributed by atoms with Gasteiger partial charge in [0.1, 0.15) is 6.04 Å². The molecule has 2 heterocycles. The van der Waals surface area contributed by atoms with E-state index in [0.29, 0.717) is 13.0 Å². The number of fused-ring (bicyclic) bond motifs is 1. The molecule has 2 unspecified atom stereocenters. The molecule has 0 aliphatic carbocycles. The van der Waals surface area contributed by atoms with E-state index in [1.807, 2.05) is 0 Å². The van der Waals surface area contributed by atoms with E-state index in [1.54, 1.807) is 6.08 Å². The molecule has 148 valence electrons. The number of rotatable bonds is 8. The Morgan fingerprint density at radius 2 is 2.07 bits per heavy atom. The largest absolute Gasteiger partial charge is 0.480 e. The van der Waals surface area contributed by atoms with E-state index < -0.39 is 29.7 Å². The molecule has 3 amide bonds. The molecule has 8 heteroatoms. The maximum atomic E-state index is 12.7. The van der Waals surface area contributed by atoms with Crippen molar-refractivity contribution < 1.29 is 29.0 Å². The Kier molecular flexibility index (Phi) is 5.89. The van der Waals surface area contributed by atoms with E-state index >= 15 is 0 Å². The van der Waals surface area contributed by atoms with Crippen molar-refractivity contribution in [1.29, 1.82) is 0 Å². The predicted molar refractivity (Wildman–Crippen MR) is 99.1 cm³/mol. The van der Waals surface area contributed by atoms with Gasteiger partial charge < -0.3 is 15.2 Å². The average molecular weight is 386 g/mol. The SMILES string of the molecule is C=CCCC(NC(=O)c1ccc2c(c1)C(=O)N(CC1CCCO1)C2=O)C(=O)O. The van der Waals surface area contributed by atoms with Crippen molar-refractivity contribution >= 4 is 23.7 Å². The number of aliphatic carboxylic acids is 1. The predicted octanol–water partition coefficient (Wildman–Crippen LogP) is 1.61. The number of carbonyl (C=O) groups is 4. The lowest BCUT2D eigenvalue weighted by atomic mass is 10.0. The lowest BCUT2D eigenvalue weighted by Crippen LogP contribution is -2.40. The lowest BCUT2D eigenvalue weighted by Gasteiger charge is -2.17. The molecule has 3 rings (SSSR count). The molecule has 2 aliphatic heterocycles. The molecule has 0 spiro atoms. The van der Waals surface area contributed by atoms with E-state index in [4.69, 9.17) is 4.74 Å². The van der Waals surface area contributed by atoms with Crippen LogP contribution in [0.3, 0.4) is 0 Å². The first kappa shape index (κ1) is 19.8. The number of carboxylic acid groups (broad SMARTS) is 1. The highest BCUT2D eigenvalue weighted by atomic mass is 16.5. The Morgan fingerprint density at radius 3 is 2.71 bits per heavy atom. The minimum atomic E-state index is -1.15. The number of carbonyl (C=O) groups excluding carboxylic acids is 3. The number of allylic oxidation sites excluding steroid dienone is 1. The minimum absolute atomic E-state index is 0.128. The maximum absolute atomic E-state index is 12.7. The maximum Gasteiger partial charge on any atom is 0.326 e. The number of imide groups is 1. The number of carboxylic acids is 1. The molecule has 2 N–H and O–H groups in total. The summed E-state index contributed by atoms with van der Waals surface area (Å²) in [7, 11) is 0. The number of nitrogens with one attached hydrogen (secondary N) is 1. The molecule has 0 saturated carbocycles. The smallest absolute Gasteiger partial charge is 0.326 e. The molecular formula is C20H22N2O6. The van der Waals surface area contributed by atoms with Gasteiger partial charge in [0.2, 0.25) is 0 Å². The second kappa shape index (κ2) is 8.35. The third-order valence-electron chi connectivity index (χ3n) is 4.91. The van der Waals surface area contributed by atoms with Crippen LogP contribution < -0.4 is 5.32 Å². The molecule has 2 atom stereocenters. The van der Waals surface area contributed by atoms with Gasteiger partial charge in [-0.2, -0.15) is 0 Å². The molecule has 0 bridgehead atoms. The normalized spacial score (nSPS) is 19.4. The van der Waals surface area contributed by atoms with Crippen LogP contribution in [0.5, 0.6) is 0 Å². The van der Waals surface area contributed by atoms with Crippen LogP contribution in [0.15, 0.2) is 30.9 Å². The zero-order chi connectivity index (χ0) is 20.3. The molecule has 28 heavy (non-hydrogen) atoms. The monoisotopic (exact) mass is 386 g/mol. The molecule has 2 aliphatic rings. The Bertz CT molecular complexity index is 828. The van der Waals surface area contributed by atoms with Gasteiger partial charge in [0.05, 0.1) is 23.8 Å². The summed E-state index contributed by atoms with van der Waals surface area (Å²) >= 11 is 0. The van der Waals surface area contributed by atoms with Gasteiger partial charge in [-0.3, -0.25) is 19.3 Å². The summed E-state index contributed by atoms with van der Waals surface area (Å²) < 4.78 is 5.50. The van der Waals surface area contributed by atoms with Crippen molar-refractivity contribution in [3.63, 3.8) is 0 Å². The van der Waals surface area contributed by atoms with Gasteiger partial charge in [-0.25, -0.2) is 4.79 Å². The summed E-state index contributed by atoms with van der Waals surface area (Å²) in [4.78, 5) is 50.1. The van der Waals surface area contributed by atoms with Crippen LogP contribution in [-0.2, 0) is 9.53 Å². The third kappa shape index (κ3) is 3.96. The molecule has 8 nitrogen and oxygen atoms in total. The van der Waals surface area contributed by atoms with Gasteiger partial charge in [-0.15, -0.1) is 6.58 Å².